The van der Waals surface area contributed by atoms with Crippen molar-refractivity contribution in [3.63, 3.8) is 0 Å². The van der Waals surface area contributed by atoms with Crippen LogP contribution in [-0.4, -0.2) is 53.6 Å². The lowest BCUT2D eigenvalue weighted by molar-refractivity contribution is -0.133. The summed E-state index contributed by atoms with van der Waals surface area (Å²) in [5, 5.41) is 14.8. The number of aliphatic hydroxyl groups is 1. The lowest BCUT2D eigenvalue weighted by atomic mass is 9.92. The number of aliphatic hydroxyl groups excluding tert-OH is 1. The number of nitrogens with one attached hydrogen (secondary N) is 2. The molecule has 1 rings (SSSR count). The molecule has 0 aromatic rings. The van der Waals surface area contributed by atoms with Gasteiger partial charge in [-0.05, 0) is 25.7 Å². The number of ether oxygens (including phenoxy) is 1. The summed E-state index contributed by atoms with van der Waals surface area (Å²) >= 11 is 0. The van der Waals surface area contributed by atoms with Crippen LogP contribution in [-0.2, 0) is 19.1 Å². The molecule has 1 saturated heterocycles. The molecule has 3 atom stereocenters. The predicted molar refractivity (Wildman–Crippen MR) is 98.5 cm³/mol. The highest BCUT2D eigenvalue weighted by molar-refractivity contribution is 5.98. The molecule has 0 radical (unpaired) electrons. The van der Waals surface area contributed by atoms with Crippen LogP contribution in [0.5, 0.6) is 0 Å². The number of ketones is 1. The number of epoxide rings is 1. The van der Waals surface area contributed by atoms with Gasteiger partial charge in [0, 0.05) is 6.42 Å². The van der Waals surface area contributed by atoms with Crippen LogP contribution in [0.4, 0.5) is 0 Å². The van der Waals surface area contributed by atoms with Crippen molar-refractivity contribution in [1.82, 2.24) is 10.6 Å². The van der Waals surface area contributed by atoms with Crippen LogP contribution in [0.3, 0.4) is 0 Å². The summed E-state index contributed by atoms with van der Waals surface area (Å²) in [6, 6.07) is -1.46. The Bertz CT molecular complexity index is 488. The minimum Gasteiger partial charge on any atom is -0.393 e. The molecule has 1 unspecified atom stereocenters. The molecule has 3 N–H and O–H groups in total. The molecule has 1 fully saturated rings. The number of Topliss-reactive ketones (excluding diaryl/α,β-unsaturated/α-hetero) is 1. The Hall–Kier alpha value is -1.47. The first-order chi connectivity index (χ1) is 12.3. The van der Waals surface area contributed by atoms with Gasteiger partial charge in [-0.15, -0.1) is 0 Å². The second-order valence-electron chi connectivity index (χ2n) is 7.60. The largest absolute Gasteiger partial charge is 0.393 e. The van der Waals surface area contributed by atoms with E-state index >= 15 is 0 Å². The zero-order chi connectivity index (χ0) is 19.7. The minimum absolute atomic E-state index is 0.159. The van der Waals surface area contributed by atoms with E-state index in [-0.39, 0.29) is 30.8 Å². The van der Waals surface area contributed by atoms with E-state index < -0.39 is 23.6 Å². The number of hydrogen-bond acceptors (Lipinski definition) is 5. The van der Waals surface area contributed by atoms with Crippen molar-refractivity contribution in [2.75, 3.05) is 13.2 Å². The standard InChI is InChI=1S/C19H34N2O5/c1-5-6-7-8-9-16(23)20-14(4)18(25)21-15(10-13(2)3)17(24)19(11-22)12-26-19/h13-15,22H,5-12H2,1-4H3,(H,20,23)(H,21,25)/t14-,15-,19?/m0/s1. The zero-order valence-corrected chi connectivity index (χ0v) is 16.5. The van der Waals surface area contributed by atoms with Crippen LogP contribution in [0.15, 0.2) is 0 Å². The number of carbonyl (C=O) groups is 3. The molecule has 7 nitrogen and oxygen atoms in total. The van der Waals surface area contributed by atoms with Crippen molar-refractivity contribution >= 4 is 17.6 Å². The number of carbonyl (C=O) groups excluding carboxylic acids is 3. The molecule has 150 valence electrons. The van der Waals surface area contributed by atoms with E-state index in [4.69, 9.17) is 4.74 Å². The van der Waals surface area contributed by atoms with Gasteiger partial charge in [0.25, 0.3) is 0 Å². The Kier molecular flexibility index (Phi) is 9.22. The maximum absolute atomic E-state index is 12.6. The quantitative estimate of drug-likeness (QED) is 0.335. The van der Waals surface area contributed by atoms with Gasteiger partial charge in [-0.2, -0.15) is 0 Å². The average molecular weight is 370 g/mol. The normalized spacial score (nSPS) is 21.2. The molecule has 2 amide bonds. The maximum Gasteiger partial charge on any atom is 0.242 e. The molecule has 1 aliphatic rings. The zero-order valence-electron chi connectivity index (χ0n) is 16.5. The number of rotatable bonds is 13. The van der Waals surface area contributed by atoms with Gasteiger partial charge in [0.05, 0.1) is 19.3 Å². The van der Waals surface area contributed by atoms with E-state index in [2.05, 4.69) is 17.6 Å². The summed E-state index contributed by atoms with van der Waals surface area (Å²) in [5.74, 6) is -0.685. The van der Waals surface area contributed by atoms with Crippen LogP contribution in [0.1, 0.15) is 66.2 Å². The van der Waals surface area contributed by atoms with Crippen LogP contribution in [0, 0.1) is 5.92 Å². The molecule has 1 heterocycles. The molecule has 0 aliphatic carbocycles. The fraction of sp³-hybridized carbons (Fsp3) is 0.842. The highest BCUT2D eigenvalue weighted by atomic mass is 16.6. The third-order valence-electron chi connectivity index (χ3n) is 4.57. The van der Waals surface area contributed by atoms with E-state index in [1.807, 2.05) is 13.8 Å². The monoisotopic (exact) mass is 370 g/mol. The van der Waals surface area contributed by atoms with Gasteiger partial charge in [0.15, 0.2) is 11.4 Å². The summed E-state index contributed by atoms with van der Waals surface area (Å²) in [4.78, 5) is 36.9. The Morgan fingerprint density at radius 2 is 1.77 bits per heavy atom. The van der Waals surface area contributed by atoms with E-state index in [1.54, 1.807) is 6.92 Å². The fourth-order valence-corrected chi connectivity index (χ4v) is 2.81. The van der Waals surface area contributed by atoms with Crippen molar-refractivity contribution < 1.29 is 24.2 Å². The third-order valence-corrected chi connectivity index (χ3v) is 4.57. The van der Waals surface area contributed by atoms with Crippen molar-refractivity contribution in [3.05, 3.63) is 0 Å². The van der Waals surface area contributed by atoms with Crippen molar-refractivity contribution in [3.8, 4) is 0 Å². The molecule has 26 heavy (non-hydrogen) atoms. The van der Waals surface area contributed by atoms with Crippen molar-refractivity contribution in [1.29, 1.82) is 0 Å². The van der Waals surface area contributed by atoms with Crippen molar-refractivity contribution in [2.24, 2.45) is 5.92 Å². The lowest BCUT2D eigenvalue weighted by Gasteiger charge is -2.24. The first-order valence-electron chi connectivity index (χ1n) is 9.64. The minimum atomic E-state index is -1.17. The van der Waals surface area contributed by atoms with Gasteiger partial charge in [-0.3, -0.25) is 14.4 Å². The molecular weight excluding hydrogens is 336 g/mol. The molecule has 0 saturated carbocycles. The highest BCUT2D eigenvalue weighted by Crippen LogP contribution is 2.30. The molecular formula is C19H34N2O5. The molecule has 7 heteroatoms. The summed E-state index contributed by atoms with van der Waals surface area (Å²) in [5.41, 5.74) is -1.17. The van der Waals surface area contributed by atoms with E-state index in [9.17, 15) is 19.5 Å². The number of hydrogen-bond donors (Lipinski definition) is 3. The van der Waals surface area contributed by atoms with Gasteiger partial charge in [-0.1, -0.05) is 40.0 Å². The molecule has 0 aromatic carbocycles. The second kappa shape index (κ2) is 10.6. The van der Waals surface area contributed by atoms with Crippen LogP contribution in [0.2, 0.25) is 0 Å². The fourth-order valence-electron chi connectivity index (χ4n) is 2.81. The van der Waals surface area contributed by atoms with Crippen LogP contribution in [0.25, 0.3) is 0 Å². The van der Waals surface area contributed by atoms with Gasteiger partial charge < -0.3 is 20.5 Å². The first-order valence-corrected chi connectivity index (χ1v) is 9.64. The number of amides is 2. The van der Waals surface area contributed by atoms with Crippen LogP contribution < -0.4 is 10.6 Å². The predicted octanol–water partition coefficient (Wildman–Crippen LogP) is 1.32. The smallest absolute Gasteiger partial charge is 0.242 e. The third kappa shape index (κ3) is 7.03. The summed E-state index contributed by atoms with van der Waals surface area (Å²) < 4.78 is 5.12. The topological polar surface area (TPSA) is 108 Å². The average Bonchev–Trinajstić information content (AvgIpc) is 3.38. The molecule has 0 aromatic heterocycles. The Morgan fingerprint density at radius 3 is 2.27 bits per heavy atom. The summed E-state index contributed by atoms with van der Waals surface area (Å²) in [6.45, 7) is 7.40. The van der Waals surface area contributed by atoms with E-state index in [0.29, 0.717) is 12.8 Å². The van der Waals surface area contributed by atoms with Crippen LogP contribution >= 0.6 is 0 Å². The van der Waals surface area contributed by atoms with Gasteiger partial charge >= 0.3 is 0 Å². The molecule has 1 aliphatic heterocycles. The Balaban J connectivity index is 2.54. The maximum atomic E-state index is 12.6. The molecule has 0 bridgehead atoms. The summed E-state index contributed by atoms with van der Waals surface area (Å²) in [7, 11) is 0. The van der Waals surface area contributed by atoms with E-state index in [0.717, 1.165) is 25.7 Å². The first kappa shape index (κ1) is 22.6. The number of unbranched alkanes of at least 4 members (excludes halogenated alkanes) is 3. The lowest BCUT2D eigenvalue weighted by Crippen LogP contribution is -2.53. The highest BCUT2D eigenvalue weighted by Gasteiger charge is 2.54. The Labute approximate surface area is 156 Å². The van der Waals surface area contributed by atoms with Gasteiger partial charge in [0.2, 0.25) is 11.8 Å². The molecule has 0 spiro atoms. The van der Waals surface area contributed by atoms with Gasteiger partial charge in [0.1, 0.15) is 6.04 Å². The van der Waals surface area contributed by atoms with Crippen molar-refractivity contribution in [2.45, 2.75) is 83.9 Å². The van der Waals surface area contributed by atoms with E-state index in [1.165, 1.54) is 0 Å². The van der Waals surface area contributed by atoms with Gasteiger partial charge in [-0.25, -0.2) is 0 Å². The summed E-state index contributed by atoms with van der Waals surface area (Å²) in [6.07, 6.45) is 4.85. The Morgan fingerprint density at radius 1 is 1.12 bits per heavy atom. The second-order valence-corrected chi connectivity index (χ2v) is 7.60. The SMILES string of the molecule is CCCCCCC(=O)N[C@@H](C)C(=O)N[C@@H](CC(C)C)C(=O)C1(CO)CO1.